The van der Waals surface area contributed by atoms with E-state index in [0.717, 1.165) is 0 Å². The van der Waals surface area contributed by atoms with E-state index in [-0.39, 0.29) is 43.7 Å². The first-order valence-corrected chi connectivity index (χ1v) is 9.09. The van der Waals surface area contributed by atoms with Crippen molar-refractivity contribution in [2.24, 2.45) is 11.7 Å². The quantitative estimate of drug-likeness (QED) is 0.651. The molecule has 27 heavy (non-hydrogen) atoms. The third kappa shape index (κ3) is 3.54. The number of likely N-dealkylation sites (tertiary alicyclic amines) is 1. The predicted molar refractivity (Wildman–Crippen MR) is 95.6 cm³/mol. The smallest absolute Gasteiger partial charge is 0.326 e. The predicted octanol–water partition coefficient (Wildman–Crippen LogP) is -0.477. The number of fused-ring (bicyclic) bond motifs is 1. The van der Waals surface area contributed by atoms with Gasteiger partial charge in [0.25, 0.3) is 0 Å². The molecule has 0 aromatic carbocycles. The summed E-state index contributed by atoms with van der Waals surface area (Å²) in [5.41, 5.74) is 5.96. The lowest BCUT2D eigenvalue weighted by Gasteiger charge is -2.33. The van der Waals surface area contributed by atoms with E-state index in [4.69, 9.17) is 5.73 Å². The summed E-state index contributed by atoms with van der Waals surface area (Å²) >= 11 is 0. The van der Waals surface area contributed by atoms with Gasteiger partial charge in [-0.1, -0.05) is 13.0 Å². The van der Waals surface area contributed by atoms with Crippen LogP contribution in [0.25, 0.3) is 0 Å². The number of imide groups is 1. The number of nitrogens with zero attached hydrogens (tertiary/aromatic N) is 2. The Balaban J connectivity index is 1.87. The van der Waals surface area contributed by atoms with Crippen molar-refractivity contribution in [3.8, 4) is 0 Å². The second-order valence-electron chi connectivity index (χ2n) is 7.29. The van der Waals surface area contributed by atoms with Crippen LogP contribution in [0.2, 0.25) is 0 Å². The molecule has 3 amide bonds. The van der Waals surface area contributed by atoms with E-state index in [1.807, 2.05) is 0 Å². The monoisotopic (exact) mass is 372 g/mol. The number of carbonyl (C=O) groups is 4. The highest BCUT2D eigenvalue weighted by molar-refractivity contribution is 5.97. The Morgan fingerprint density at radius 2 is 2.22 bits per heavy atom. The minimum Gasteiger partial charge on any atom is -0.369 e. The number of carbonyl (C=O) groups excluding carboxylic acids is 4. The number of amides is 3. The van der Waals surface area contributed by atoms with Crippen LogP contribution < -0.4 is 11.1 Å². The zero-order valence-corrected chi connectivity index (χ0v) is 15.3. The van der Waals surface area contributed by atoms with Gasteiger partial charge in [-0.2, -0.15) is 4.48 Å². The van der Waals surface area contributed by atoms with E-state index < -0.39 is 28.3 Å². The van der Waals surface area contributed by atoms with Crippen LogP contribution in [-0.4, -0.2) is 58.1 Å². The maximum atomic E-state index is 13.3. The number of nitrogens with one attached hydrogen (secondary N) is 1. The second-order valence-corrected chi connectivity index (χ2v) is 7.29. The Labute approximate surface area is 157 Å². The molecule has 0 saturated carbocycles. The number of nitrogens with two attached hydrogens (primary N) is 1. The maximum Gasteiger partial charge on any atom is 0.326 e. The fraction of sp³-hybridized carbons (Fsp3) is 0.474. The fourth-order valence-corrected chi connectivity index (χ4v) is 3.99. The number of hydrogen-bond donors (Lipinski definition) is 2. The number of primary amides is 1. The van der Waals surface area contributed by atoms with Crippen molar-refractivity contribution < 1.29 is 23.7 Å². The molecule has 0 bridgehead atoms. The molecule has 143 valence electrons. The van der Waals surface area contributed by atoms with Crippen molar-refractivity contribution in [1.82, 2.24) is 10.3 Å². The number of pyridine rings is 1. The molecule has 3 rings (SSSR count). The molecule has 1 radical (unpaired) electrons. The molecule has 0 spiro atoms. The molecule has 2 fully saturated rings. The van der Waals surface area contributed by atoms with Gasteiger partial charge in [0.05, 0.1) is 32.0 Å². The number of quaternary nitrogens is 1. The Bertz CT molecular complexity index is 766. The minimum atomic E-state index is -0.707. The summed E-state index contributed by atoms with van der Waals surface area (Å²) in [5, 5.41) is 3.11. The molecular formula is C19H24N4O4+. The van der Waals surface area contributed by atoms with Gasteiger partial charge in [-0.05, 0) is 18.1 Å². The Morgan fingerprint density at radius 3 is 2.89 bits per heavy atom. The molecule has 4 atom stereocenters. The van der Waals surface area contributed by atoms with E-state index in [0.29, 0.717) is 12.0 Å². The highest BCUT2D eigenvalue weighted by atomic mass is 16.2. The van der Waals surface area contributed by atoms with E-state index in [9.17, 15) is 19.2 Å². The van der Waals surface area contributed by atoms with Crippen LogP contribution in [0.3, 0.4) is 0 Å². The number of Topliss-reactive ketones (excluding diaryl/α,β-unsaturated/α-hetero) is 1. The molecule has 2 saturated heterocycles. The molecule has 1 aromatic heterocycles. The first-order chi connectivity index (χ1) is 12.9. The zero-order valence-electron chi connectivity index (χ0n) is 15.3. The van der Waals surface area contributed by atoms with Crippen molar-refractivity contribution in [2.75, 3.05) is 13.1 Å². The molecule has 8 nitrogen and oxygen atoms in total. The summed E-state index contributed by atoms with van der Waals surface area (Å²) < 4.78 is -0.517. The average molecular weight is 372 g/mol. The molecule has 1 aromatic rings. The zero-order chi connectivity index (χ0) is 19.6. The summed E-state index contributed by atoms with van der Waals surface area (Å²) in [6, 6.07) is 2.61. The SMILES string of the molecule is CC(C[CH]C(=O)[N+]1(C(=O)Cc2cccnc2)CCC2NCC(=O)C21)C(N)=O. The van der Waals surface area contributed by atoms with Crippen LogP contribution in [0, 0.1) is 12.3 Å². The number of aromatic nitrogens is 1. The summed E-state index contributed by atoms with van der Waals surface area (Å²) in [5.74, 6) is -1.90. The fourth-order valence-electron chi connectivity index (χ4n) is 3.99. The standard InChI is InChI=1S/C19H23N4O4/c1-12(19(20)27)4-5-16(25)23(8-6-14-18(23)15(24)11-22-14)17(26)9-13-3-2-7-21-10-13/h2-3,5,7,10,12,14,18,22H,4,6,8-9,11H2,1H3,(H-,20,27)/p+1. The first-order valence-electron chi connectivity index (χ1n) is 9.09. The third-order valence-corrected chi connectivity index (χ3v) is 5.57. The summed E-state index contributed by atoms with van der Waals surface area (Å²) in [7, 11) is 0. The first kappa shape index (κ1) is 19.3. The van der Waals surface area contributed by atoms with Crippen LogP contribution in [0.4, 0.5) is 0 Å². The summed E-state index contributed by atoms with van der Waals surface area (Å²) in [6.07, 6.45) is 5.28. The van der Waals surface area contributed by atoms with Crippen LogP contribution in [0.15, 0.2) is 24.5 Å². The minimum absolute atomic E-state index is 0.0231. The molecule has 4 unspecified atom stereocenters. The highest BCUT2D eigenvalue weighted by Crippen LogP contribution is 2.34. The molecule has 0 aliphatic carbocycles. The number of ketones is 1. The van der Waals surface area contributed by atoms with Gasteiger partial charge in [-0.15, -0.1) is 0 Å². The Hall–Kier alpha value is -2.45. The summed E-state index contributed by atoms with van der Waals surface area (Å²) in [4.78, 5) is 54.2. The highest BCUT2D eigenvalue weighted by Gasteiger charge is 2.62. The largest absolute Gasteiger partial charge is 0.369 e. The molecule has 2 aliphatic heterocycles. The molecule has 8 heteroatoms. The average Bonchev–Trinajstić information content (AvgIpc) is 3.21. The van der Waals surface area contributed by atoms with Crippen molar-refractivity contribution in [3.05, 3.63) is 36.5 Å². The van der Waals surface area contributed by atoms with E-state index in [1.54, 1.807) is 31.5 Å². The van der Waals surface area contributed by atoms with Gasteiger partial charge >= 0.3 is 11.8 Å². The van der Waals surface area contributed by atoms with Crippen molar-refractivity contribution in [3.63, 3.8) is 0 Å². The van der Waals surface area contributed by atoms with Crippen LogP contribution in [0.1, 0.15) is 25.3 Å². The van der Waals surface area contributed by atoms with Gasteiger partial charge in [0.15, 0.2) is 6.04 Å². The maximum absolute atomic E-state index is 13.3. The van der Waals surface area contributed by atoms with E-state index in [1.165, 1.54) is 6.42 Å². The van der Waals surface area contributed by atoms with Crippen molar-refractivity contribution in [1.29, 1.82) is 0 Å². The lowest BCUT2D eigenvalue weighted by Crippen LogP contribution is -2.63. The second kappa shape index (κ2) is 7.66. The van der Waals surface area contributed by atoms with Crippen LogP contribution in [-0.2, 0) is 25.6 Å². The van der Waals surface area contributed by atoms with E-state index in [2.05, 4.69) is 10.3 Å². The number of rotatable bonds is 6. The Kier molecular flexibility index (Phi) is 5.48. The van der Waals surface area contributed by atoms with Gasteiger partial charge in [0, 0.05) is 24.7 Å². The normalized spacial score (nSPS) is 28.0. The van der Waals surface area contributed by atoms with Gasteiger partial charge in [-0.25, -0.2) is 9.59 Å². The molecule has 3 N–H and O–H groups in total. The number of hydrogen-bond acceptors (Lipinski definition) is 6. The van der Waals surface area contributed by atoms with Gasteiger partial charge < -0.3 is 11.1 Å². The summed E-state index contributed by atoms with van der Waals surface area (Å²) in [6.45, 7) is 2.07. The topological polar surface area (TPSA) is 119 Å². The van der Waals surface area contributed by atoms with Crippen molar-refractivity contribution >= 4 is 23.5 Å². The molecule has 2 aliphatic rings. The molecular weight excluding hydrogens is 348 g/mol. The van der Waals surface area contributed by atoms with Crippen LogP contribution in [0.5, 0.6) is 0 Å². The van der Waals surface area contributed by atoms with Gasteiger partial charge in [0.1, 0.15) is 0 Å². The Morgan fingerprint density at radius 1 is 1.44 bits per heavy atom. The van der Waals surface area contributed by atoms with Crippen molar-refractivity contribution in [2.45, 2.75) is 38.3 Å². The van der Waals surface area contributed by atoms with Gasteiger partial charge in [0.2, 0.25) is 11.7 Å². The van der Waals surface area contributed by atoms with Crippen LogP contribution >= 0.6 is 0 Å². The van der Waals surface area contributed by atoms with E-state index >= 15 is 0 Å². The van der Waals surface area contributed by atoms with Gasteiger partial charge in [-0.3, -0.25) is 14.6 Å². The lowest BCUT2D eigenvalue weighted by atomic mass is 10.0. The molecule has 3 heterocycles. The lowest BCUT2D eigenvalue weighted by molar-refractivity contribution is -0.780. The third-order valence-electron chi connectivity index (χ3n) is 5.57.